The molecule has 0 N–H and O–H groups in total. The Bertz CT molecular complexity index is 1120. The van der Waals surface area contributed by atoms with Gasteiger partial charge in [-0.15, -0.1) is 0 Å². The van der Waals surface area contributed by atoms with Crippen LogP contribution < -0.4 is 11.2 Å². The molecule has 0 aliphatic heterocycles. The zero-order chi connectivity index (χ0) is 19.6. The number of hydrogen-bond donors (Lipinski definition) is 0. The molecule has 27 heavy (non-hydrogen) atoms. The molecule has 8 heteroatoms. The van der Waals surface area contributed by atoms with E-state index >= 15 is 0 Å². The van der Waals surface area contributed by atoms with Crippen molar-refractivity contribution in [3.05, 3.63) is 78.9 Å². The molecule has 0 aliphatic rings. The molecule has 1 heterocycles. The minimum atomic E-state index is -0.656. The third-order valence-corrected chi connectivity index (χ3v) is 4.52. The number of fused-ring (bicyclic) bond motifs is 1. The number of rotatable bonds is 5. The van der Waals surface area contributed by atoms with Crippen LogP contribution in [0.5, 0.6) is 0 Å². The first-order valence-electron chi connectivity index (χ1n) is 8.23. The van der Waals surface area contributed by atoms with E-state index in [1.54, 1.807) is 43.3 Å². The van der Waals surface area contributed by atoms with Crippen LogP contribution in [0, 0.1) is 0 Å². The largest absolute Gasteiger partial charge is 0.465 e. The fraction of sp³-hybridized carbons (Fsp3) is 0.211. The Kier molecular flexibility index (Phi) is 5.68. The van der Waals surface area contributed by atoms with Crippen molar-refractivity contribution in [2.24, 2.45) is 0 Å². The zero-order valence-electron chi connectivity index (χ0n) is 14.4. The van der Waals surface area contributed by atoms with E-state index in [1.807, 2.05) is 0 Å². The van der Waals surface area contributed by atoms with E-state index in [0.29, 0.717) is 15.6 Å². The average molecular weight is 407 g/mol. The smallest absolute Gasteiger partial charge is 0.332 e. The number of hydrogen-bond acceptors (Lipinski definition) is 4. The van der Waals surface area contributed by atoms with Gasteiger partial charge in [0.1, 0.15) is 6.54 Å². The molecule has 3 rings (SSSR count). The number of carbonyl (C=O) groups is 1. The van der Waals surface area contributed by atoms with Gasteiger partial charge in [-0.3, -0.25) is 14.2 Å². The molecule has 0 radical (unpaired) electrons. The van der Waals surface area contributed by atoms with E-state index in [9.17, 15) is 14.4 Å². The molecule has 0 fully saturated rings. The van der Waals surface area contributed by atoms with E-state index in [4.69, 9.17) is 27.9 Å². The van der Waals surface area contributed by atoms with Crippen LogP contribution in [0.1, 0.15) is 12.5 Å². The second-order valence-corrected chi connectivity index (χ2v) is 6.73. The fourth-order valence-corrected chi connectivity index (χ4v) is 3.09. The van der Waals surface area contributed by atoms with E-state index < -0.39 is 23.8 Å². The van der Waals surface area contributed by atoms with Crippen molar-refractivity contribution in [1.29, 1.82) is 0 Å². The van der Waals surface area contributed by atoms with Gasteiger partial charge in [0.05, 0.1) is 24.1 Å². The van der Waals surface area contributed by atoms with Crippen molar-refractivity contribution in [2.75, 3.05) is 6.61 Å². The average Bonchev–Trinajstić information content (AvgIpc) is 2.64. The number of benzene rings is 2. The van der Waals surface area contributed by atoms with Crippen molar-refractivity contribution in [2.45, 2.75) is 20.0 Å². The first-order chi connectivity index (χ1) is 12.9. The Balaban J connectivity index is 2.21. The Morgan fingerprint density at radius 3 is 2.33 bits per heavy atom. The quantitative estimate of drug-likeness (QED) is 0.610. The highest BCUT2D eigenvalue weighted by atomic mass is 35.5. The van der Waals surface area contributed by atoms with Crippen molar-refractivity contribution in [1.82, 2.24) is 9.13 Å². The molecule has 1 aromatic heterocycles. The standard InChI is InChI=1S/C19H16Cl2N2O4/c1-2-27-17(24)11-23-18(25)15-9-14(21)7-8-16(15)22(19(23)26)10-12-3-5-13(20)6-4-12/h3-9H,2,10-11H2,1H3. The molecule has 0 saturated carbocycles. The number of aromatic nitrogens is 2. The Morgan fingerprint density at radius 2 is 1.67 bits per heavy atom. The second-order valence-electron chi connectivity index (χ2n) is 5.85. The summed E-state index contributed by atoms with van der Waals surface area (Å²) in [6, 6.07) is 11.7. The summed E-state index contributed by atoms with van der Waals surface area (Å²) in [4.78, 5) is 37.6. The summed E-state index contributed by atoms with van der Waals surface area (Å²) in [5, 5.41) is 1.19. The maximum absolute atomic E-state index is 13.0. The van der Waals surface area contributed by atoms with Gasteiger partial charge in [0.15, 0.2) is 0 Å². The molecule has 0 unspecified atom stereocenters. The first kappa shape index (κ1) is 19.2. The predicted molar refractivity (Wildman–Crippen MR) is 105 cm³/mol. The van der Waals surface area contributed by atoms with Crippen LogP contribution in [0.4, 0.5) is 0 Å². The van der Waals surface area contributed by atoms with Crippen molar-refractivity contribution < 1.29 is 9.53 Å². The molecule has 0 aliphatic carbocycles. The predicted octanol–water partition coefficient (Wildman–Crippen LogP) is 3.08. The van der Waals surface area contributed by atoms with Gasteiger partial charge >= 0.3 is 11.7 Å². The number of nitrogens with zero attached hydrogens (tertiary/aromatic N) is 2. The normalized spacial score (nSPS) is 10.9. The monoisotopic (exact) mass is 406 g/mol. The lowest BCUT2D eigenvalue weighted by molar-refractivity contribution is -0.143. The van der Waals surface area contributed by atoms with Crippen molar-refractivity contribution in [3.63, 3.8) is 0 Å². The lowest BCUT2D eigenvalue weighted by Gasteiger charge is -2.14. The van der Waals surface area contributed by atoms with Crippen LogP contribution in [-0.4, -0.2) is 21.7 Å². The molecule has 3 aromatic rings. The van der Waals surface area contributed by atoms with Gasteiger partial charge in [0, 0.05) is 10.0 Å². The molecule has 2 aromatic carbocycles. The molecule has 140 valence electrons. The first-order valence-corrected chi connectivity index (χ1v) is 8.99. The van der Waals surface area contributed by atoms with Gasteiger partial charge in [0.2, 0.25) is 0 Å². The highest BCUT2D eigenvalue weighted by molar-refractivity contribution is 6.31. The SMILES string of the molecule is CCOC(=O)Cn1c(=O)c2cc(Cl)ccc2n(Cc2ccc(Cl)cc2)c1=O. The van der Waals surface area contributed by atoms with Crippen molar-refractivity contribution in [3.8, 4) is 0 Å². The number of esters is 1. The van der Waals surface area contributed by atoms with Crippen LogP contribution in [-0.2, 0) is 22.6 Å². The molecular formula is C19H16Cl2N2O4. The Hall–Kier alpha value is -2.57. The Labute approximate surface area is 164 Å². The highest BCUT2D eigenvalue weighted by Crippen LogP contribution is 2.17. The van der Waals surface area contributed by atoms with Crippen LogP contribution in [0.2, 0.25) is 10.0 Å². The minimum absolute atomic E-state index is 0.159. The third kappa shape index (κ3) is 4.07. The summed E-state index contributed by atoms with van der Waals surface area (Å²) >= 11 is 11.9. The molecule has 0 amide bonds. The lowest BCUT2D eigenvalue weighted by Crippen LogP contribution is -2.42. The maximum Gasteiger partial charge on any atom is 0.332 e. The summed E-state index contributed by atoms with van der Waals surface area (Å²) in [7, 11) is 0. The van der Waals surface area contributed by atoms with E-state index in [2.05, 4.69) is 0 Å². The molecule has 6 nitrogen and oxygen atoms in total. The Morgan fingerprint density at radius 1 is 1.00 bits per heavy atom. The number of carbonyl (C=O) groups excluding carboxylic acids is 1. The van der Waals surface area contributed by atoms with Crippen LogP contribution >= 0.6 is 23.2 Å². The summed E-state index contributed by atoms with van der Waals surface area (Å²) in [6.45, 7) is 1.55. The van der Waals surface area contributed by atoms with Gasteiger partial charge < -0.3 is 4.74 Å². The van der Waals surface area contributed by atoms with Gasteiger partial charge in [0.25, 0.3) is 5.56 Å². The summed E-state index contributed by atoms with van der Waals surface area (Å²) in [5.41, 5.74) is 0.0688. The van der Waals surface area contributed by atoms with Gasteiger partial charge in [-0.25, -0.2) is 9.36 Å². The molecule has 0 atom stereocenters. The molecule has 0 spiro atoms. The number of ether oxygens (including phenoxy) is 1. The molecule has 0 saturated heterocycles. The molecule has 0 bridgehead atoms. The number of halogens is 2. The maximum atomic E-state index is 13.0. The van der Waals surface area contributed by atoms with Crippen LogP contribution in [0.15, 0.2) is 52.1 Å². The summed E-state index contributed by atoms with van der Waals surface area (Å²) < 4.78 is 7.17. The second kappa shape index (κ2) is 7.98. The highest BCUT2D eigenvalue weighted by Gasteiger charge is 2.16. The van der Waals surface area contributed by atoms with E-state index in [0.717, 1.165) is 10.1 Å². The minimum Gasteiger partial charge on any atom is -0.465 e. The summed E-state index contributed by atoms with van der Waals surface area (Å²) in [5.74, 6) is -0.656. The third-order valence-electron chi connectivity index (χ3n) is 4.03. The van der Waals surface area contributed by atoms with Gasteiger partial charge in [-0.05, 0) is 42.8 Å². The van der Waals surface area contributed by atoms with Gasteiger partial charge in [-0.2, -0.15) is 0 Å². The van der Waals surface area contributed by atoms with E-state index in [1.165, 1.54) is 10.6 Å². The topological polar surface area (TPSA) is 70.3 Å². The van der Waals surface area contributed by atoms with Crippen molar-refractivity contribution >= 4 is 40.1 Å². The summed E-state index contributed by atoms with van der Waals surface area (Å²) in [6.07, 6.45) is 0. The fourth-order valence-electron chi connectivity index (χ4n) is 2.80. The van der Waals surface area contributed by atoms with Crippen LogP contribution in [0.25, 0.3) is 10.9 Å². The van der Waals surface area contributed by atoms with Crippen LogP contribution in [0.3, 0.4) is 0 Å². The van der Waals surface area contributed by atoms with Gasteiger partial charge in [-0.1, -0.05) is 35.3 Å². The lowest BCUT2D eigenvalue weighted by atomic mass is 10.2. The van der Waals surface area contributed by atoms with E-state index in [-0.39, 0.29) is 18.5 Å². The zero-order valence-corrected chi connectivity index (χ0v) is 16.0. The molecular weight excluding hydrogens is 391 g/mol.